The summed E-state index contributed by atoms with van der Waals surface area (Å²) in [6.45, 7) is 2.15. The lowest BCUT2D eigenvalue weighted by atomic mass is 10.3. The Hall–Kier alpha value is -0.920. The van der Waals surface area contributed by atoms with E-state index in [1.165, 1.54) is 12.1 Å². The number of ether oxygens (including phenoxy) is 1. The van der Waals surface area contributed by atoms with E-state index >= 15 is 0 Å². The molecule has 2 unspecified atom stereocenters. The highest BCUT2D eigenvalue weighted by Gasteiger charge is 2.39. The summed E-state index contributed by atoms with van der Waals surface area (Å²) in [6, 6.07) is 6.24. The highest BCUT2D eigenvalue weighted by atomic mass is 35.5. The van der Waals surface area contributed by atoms with Crippen molar-refractivity contribution in [3.63, 3.8) is 0 Å². The number of carbonyl (C=O) groups excluding carboxylic acids is 1. The van der Waals surface area contributed by atoms with Crippen molar-refractivity contribution in [1.82, 2.24) is 0 Å². The van der Waals surface area contributed by atoms with Crippen LogP contribution in [0, 0.1) is 5.92 Å². The Bertz CT molecular complexity index is 552. The van der Waals surface area contributed by atoms with Crippen LogP contribution in [0.25, 0.3) is 0 Å². The lowest BCUT2D eigenvalue weighted by molar-refractivity contribution is -0.126. The zero-order valence-electron chi connectivity index (χ0n) is 12.4. The van der Waals surface area contributed by atoms with Gasteiger partial charge in [0.1, 0.15) is 6.10 Å². The molecule has 2 rings (SSSR count). The fourth-order valence-electron chi connectivity index (χ4n) is 1.73. The Morgan fingerprint density at radius 3 is 2.70 bits per heavy atom. The number of rotatable bonds is 7. The number of halogens is 4. The predicted octanol–water partition coefficient (Wildman–Crippen LogP) is 4.66. The highest BCUT2D eigenvalue weighted by Crippen LogP contribution is 2.40. The van der Waals surface area contributed by atoms with Crippen LogP contribution in [0.4, 0.5) is 18.9 Å². The number of anilines is 1. The van der Waals surface area contributed by atoms with Gasteiger partial charge in [-0.25, -0.2) is 0 Å². The zero-order chi connectivity index (χ0) is 17.0. The summed E-state index contributed by atoms with van der Waals surface area (Å²) in [4.78, 5) is 12.3. The number of hydrogen-bond acceptors (Lipinski definition) is 3. The third-order valence-corrected chi connectivity index (χ3v) is 4.88. The first kappa shape index (κ1) is 18.4. The number of carbonyl (C=O) groups is 1. The first-order valence-corrected chi connectivity index (χ1v) is 8.48. The second kappa shape index (κ2) is 7.77. The molecule has 1 N–H and O–H groups in total. The van der Waals surface area contributed by atoms with Gasteiger partial charge in [-0.2, -0.15) is 13.2 Å². The Kier molecular flexibility index (Phi) is 6.22. The predicted molar refractivity (Wildman–Crippen MR) is 84.8 cm³/mol. The van der Waals surface area contributed by atoms with Crippen LogP contribution in [0.3, 0.4) is 0 Å². The Labute approximate surface area is 141 Å². The number of amides is 1. The van der Waals surface area contributed by atoms with E-state index in [1.807, 2.05) is 0 Å². The van der Waals surface area contributed by atoms with E-state index in [0.29, 0.717) is 30.0 Å². The normalized spacial score (nSPS) is 17.6. The summed E-state index contributed by atoms with van der Waals surface area (Å²) >= 11 is 5.80. The molecule has 1 aliphatic carbocycles. The van der Waals surface area contributed by atoms with Crippen molar-refractivity contribution >= 4 is 35.0 Å². The monoisotopic (exact) mass is 367 g/mol. The third-order valence-electron chi connectivity index (χ3n) is 3.28. The number of hydrogen-bond donors (Lipinski definition) is 1. The van der Waals surface area contributed by atoms with Crippen LogP contribution in [0.15, 0.2) is 29.2 Å². The molecule has 1 aliphatic rings. The second-order valence-electron chi connectivity index (χ2n) is 5.38. The Morgan fingerprint density at radius 2 is 2.09 bits per heavy atom. The molecule has 0 bridgehead atoms. The molecule has 1 amide bonds. The molecule has 128 valence electrons. The van der Waals surface area contributed by atoms with Crippen LogP contribution >= 0.6 is 23.4 Å². The van der Waals surface area contributed by atoms with E-state index in [4.69, 9.17) is 16.3 Å². The summed E-state index contributed by atoms with van der Waals surface area (Å²) in [7, 11) is 0. The van der Waals surface area contributed by atoms with Gasteiger partial charge in [-0.05, 0) is 37.8 Å². The maximum absolute atomic E-state index is 12.6. The van der Waals surface area contributed by atoms with Crippen LogP contribution in [0.5, 0.6) is 0 Å². The summed E-state index contributed by atoms with van der Waals surface area (Å²) in [6.07, 6.45) is -2.96. The van der Waals surface area contributed by atoms with Crippen molar-refractivity contribution in [3.05, 3.63) is 24.3 Å². The maximum Gasteiger partial charge on any atom is 0.414 e. The largest absolute Gasteiger partial charge is 0.414 e. The molecule has 0 heterocycles. The summed E-state index contributed by atoms with van der Waals surface area (Å²) in [5, 5.41) is 2.60. The van der Waals surface area contributed by atoms with Crippen molar-refractivity contribution in [2.45, 2.75) is 41.7 Å². The van der Waals surface area contributed by atoms with Gasteiger partial charge in [0, 0.05) is 4.90 Å². The van der Waals surface area contributed by atoms with E-state index in [9.17, 15) is 18.0 Å². The molecule has 1 aromatic carbocycles. The summed E-state index contributed by atoms with van der Waals surface area (Å²) < 4.78 is 41.1. The Morgan fingerprint density at radius 1 is 1.43 bits per heavy atom. The standard InChI is InChI=1S/C15H17ClF3NO2S/c1-9(22-8-10-6-7-10)13(21)20-11-4-2-3-5-12(11)23-14(16)15(17,18)19/h2-5,9-10,14H,6-8H2,1H3,(H,20,21). The van der Waals surface area contributed by atoms with Crippen molar-refractivity contribution in [2.75, 3.05) is 11.9 Å². The molecule has 1 fully saturated rings. The van der Waals surface area contributed by atoms with E-state index in [2.05, 4.69) is 5.32 Å². The van der Waals surface area contributed by atoms with Crippen LogP contribution in [0.2, 0.25) is 0 Å². The van der Waals surface area contributed by atoms with Crippen molar-refractivity contribution in [3.8, 4) is 0 Å². The van der Waals surface area contributed by atoms with Gasteiger partial charge >= 0.3 is 6.18 Å². The van der Waals surface area contributed by atoms with Gasteiger partial charge in [0.2, 0.25) is 0 Å². The fourth-order valence-corrected chi connectivity index (χ4v) is 2.77. The van der Waals surface area contributed by atoms with Crippen LogP contribution in [-0.2, 0) is 9.53 Å². The smallest absolute Gasteiger partial charge is 0.368 e. The number of thioether (sulfide) groups is 1. The number of para-hydroxylation sites is 1. The number of nitrogens with one attached hydrogen (secondary N) is 1. The minimum Gasteiger partial charge on any atom is -0.368 e. The molecule has 1 aromatic rings. The van der Waals surface area contributed by atoms with Crippen LogP contribution in [-0.4, -0.2) is 29.5 Å². The van der Waals surface area contributed by atoms with Crippen molar-refractivity contribution < 1.29 is 22.7 Å². The van der Waals surface area contributed by atoms with E-state index in [1.54, 1.807) is 19.1 Å². The summed E-state index contributed by atoms with van der Waals surface area (Å²) in [5.74, 6) is 0.133. The lowest BCUT2D eigenvalue weighted by Crippen LogP contribution is -2.28. The van der Waals surface area contributed by atoms with Gasteiger partial charge < -0.3 is 10.1 Å². The molecule has 0 aliphatic heterocycles. The van der Waals surface area contributed by atoms with Gasteiger partial charge in [-0.1, -0.05) is 23.9 Å². The molecule has 0 radical (unpaired) electrons. The molecule has 0 saturated heterocycles. The van der Waals surface area contributed by atoms with Gasteiger partial charge in [0.25, 0.3) is 5.91 Å². The lowest BCUT2D eigenvalue weighted by Gasteiger charge is -2.17. The summed E-state index contributed by atoms with van der Waals surface area (Å²) in [5.41, 5.74) is 0.291. The molecule has 3 nitrogen and oxygen atoms in total. The maximum atomic E-state index is 12.6. The third kappa shape index (κ3) is 5.90. The molecule has 23 heavy (non-hydrogen) atoms. The first-order chi connectivity index (χ1) is 10.8. The SMILES string of the molecule is CC(OCC1CC1)C(=O)Nc1ccccc1SC(Cl)C(F)(F)F. The number of benzene rings is 1. The fraction of sp³-hybridized carbons (Fsp3) is 0.533. The minimum absolute atomic E-state index is 0.257. The topological polar surface area (TPSA) is 38.3 Å². The molecular formula is C15H17ClF3NO2S. The molecule has 0 aromatic heterocycles. The van der Waals surface area contributed by atoms with Gasteiger partial charge in [-0.15, -0.1) is 11.6 Å². The van der Waals surface area contributed by atoms with E-state index in [0.717, 1.165) is 12.8 Å². The molecule has 8 heteroatoms. The Balaban J connectivity index is 1.97. The number of alkyl halides is 4. The average Bonchev–Trinajstić information content (AvgIpc) is 3.29. The molecule has 0 spiro atoms. The van der Waals surface area contributed by atoms with Gasteiger partial charge in [-0.3, -0.25) is 4.79 Å². The van der Waals surface area contributed by atoms with E-state index < -0.39 is 22.9 Å². The van der Waals surface area contributed by atoms with Crippen molar-refractivity contribution in [1.29, 1.82) is 0 Å². The highest BCUT2D eigenvalue weighted by molar-refractivity contribution is 8.01. The van der Waals surface area contributed by atoms with Crippen molar-refractivity contribution in [2.24, 2.45) is 5.92 Å². The zero-order valence-corrected chi connectivity index (χ0v) is 14.0. The van der Waals surface area contributed by atoms with Gasteiger partial charge in [0.15, 0.2) is 4.71 Å². The van der Waals surface area contributed by atoms with E-state index in [-0.39, 0.29) is 4.90 Å². The average molecular weight is 368 g/mol. The molecule has 2 atom stereocenters. The second-order valence-corrected chi connectivity index (χ2v) is 7.22. The van der Waals surface area contributed by atoms with Crippen LogP contribution in [0.1, 0.15) is 19.8 Å². The van der Waals surface area contributed by atoms with Crippen LogP contribution < -0.4 is 5.32 Å². The minimum atomic E-state index is -4.52. The molecular weight excluding hydrogens is 351 g/mol. The molecule has 1 saturated carbocycles. The first-order valence-electron chi connectivity index (χ1n) is 7.16. The van der Waals surface area contributed by atoms with Gasteiger partial charge in [0.05, 0.1) is 12.3 Å². The quantitative estimate of drug-likeness (QED) is 0.562.